The van der Waals surface area contributed by atoms with Crippen LogP contribution in [0.4, 0.5) is 0 Å². The molecule has 0 fully saturated rings. The maximum Gasteiger partial charge on any atom is 1.00 e. The first-order chi connectivity index (χ1) is 1.00. The number of rotatable bonds is 0. The van der Waals surface area contributed by atoms with Crippen LogP contribution < -0.4 is 0 Å². The second-order valence-corrected chi connectivity index (χ2v) is 0. The van der Waals surface area contributed by atoms with Gasteiger partial charge >= 0.3 is 22.4 Å². The molecule has 0 aliphatic carbocycles. The van der Waals surface area contributed by atoms with Crippen molar-refractivity contribution in [2.45, 2.75) is 0 Å². The van der Waals surface area contributed by atoms with Gasteiger partial charge in [0.25, 0.3) is 0 Å². The van der Waals surface area contributed by atoms with Gasteiger partial charge in [0.15, 0.2) is 0 Å². The van der Waals surface area contributed by atoms with Crippen LogP contribution in [0.1, 0.15) is 0 Å². The molecule has 0 bridgehead atoms. The fourth-order valence-electron chi connectivity index (χ4n) is 0. The van der Waals surface area contributed by atoms with Gasteiger partial charge in [0, 0.05) is 17.1 Å². The van der Waals surface area contributed by atoms with E-state index in [1.54, 1.807) is 0 Å². The van der Waals surface area contributed by atoms with Gasteiger partial charge in [0.2, 0.25) is 0 Å². The molecule has 3 heteroatoms. The molecule has 0 amide bonds. The summed E-state index contributed by atoms with van der Waals surface area (Å²) < 4.78 is 0. The molecule has 0 atom stereocenters. The van der Waals surface area contributed by atoms with E-state index >= 15 is 0 Å². The van der Waals surface area contributed by atoms with E-state index in [1.807, 2.05) is 0 Å². The minimum atomic E-state index is 0. The summed E-state index contributed by atoms with van der Waals surface area (Å²) in [6.45, 7) is 4.75. The molecule has 0 aliphatic rings. The molecule has 0 aromatic rings. The first kappa shape index (κ1) is 21.8. The number of hydrogen-bond donors (Lipinski definition) is 0. The fourth-order valence-corrected chi connectivity index (χ4v) is 0. The van der Waals surface area contributed by atoms with Gasteiger partial charge in [-0.05, 0) is 0 Å². The Bertz CT molecular complexity index is 12.8. The van der Waals surface area contributed by atoms with Crippen LogP contribution >= 0.6 is 0 Å². The van der Waals surface area contributed by atoms with E-state index in [2.05, 4.69) is 0 Å². The van der Waals surface area contributed by atoms with E-state index in [9.17, 15) is 0 Å². The molecule has 1 radical (unpaired) electrons. The van der Waals surface area contributed by atoms with E-state index in [4.69, 9.17) is 11.8 Å². The van der Waals surface area contributed by atoms with E-state index in [1.165, 1.54) is 0 Å². The minimum Gasteiger partial charge on any atom is -0.512 e. The van der Waals surface area contributed by atoms with Gasteiger partial charge in [-0.25, -0.2) is 0 Å². The molecular formula is CAgCuN. The first-order valence-corrected chi connectivity index (χ1v) is 0.224. The topological polar surface area (TPSA) is 23.8 Å². The smallest absolute Gasteiger partial charge is 0.512 e. The van der Waals surface area contributed by atoms with E-state index in [-0.39, 0.29) is 39.4 Å². The Balaban J connectivity index is -0.00000000500. The second-order valence-electron chi connectivity index (χ2n) is 0. The molecule has 0 rings (SSSR count). The molecular weight excluding hydrogens is 197 g/mol. The molecule has 0 spiro atoms. The van der Waals surface area contributed by atoms with Crippen LogP contribution in [0.5, 0.6) is 0 Å². The maximum absolute atomic E-state index is 6.25. The molecule has 0 heterocycles. The van der Waals surface area contributed by atoms with Gasteiger partial charge in [-0.2, -0.15) is 0 Å². The van der Waals surface area contributed by atoms with Gasteiger partial charge in [0.05, 0.1) is 0 Å². The largest absolute Gasteiger partial charge is 1.00 e. The first-order valence-electron chi connectivity index (χ1n) is 0.224. The Kier molecular flexibility index (Phi) is 275. The summed E-state index contributed by atoms with van der Waals surface area (Å²) in [6.07, 6.45) is 0. The van der Waals surface area contributed by atoms with Crippen molar-refractivity contribution < 1.29 is 39.4 Å². The zero-order chi connectivity index (χ0) is 2.00. The van der Waals surface area contributed by atoms with Crippen LogP contribution in [0, 0.1) is 11.8 Å². The van der Waals surface area contributed by atoms with Gasteiger partial charge in [-0.3, -0.25) is 0 Å². The third kappa shape index (κ3) is 15.0. The molecule has 4 heavy (non-hydrogen) atoms. The van der Waals surface area contributed by atoms with Crippen molar-refractivity contribution in [1.82, 2.24) is 0 Å². The van der Waals surface area contributed by atoms with Crippen molar-refractivity contribution in [3.8, 4) is 0 Å². The molecule has 0 N–H and O–H groups in total. The Morgan fingerprint density at radius 2 is 1.25 bits per heavy atom. The molecule has 31 valence electrons. The van der Waals surface area contributed by atoms with Crippen molar-refractivity contribution >= 4 is 0 Å². The summed E-state index contributed by atoms with van der Waals surface area (Å²) >= 11 is 0. The third-order valence-corrected chi connectivity index (χ3v) is 0. The predicted octanol–water partition coefficient (Wildman–Crippen LogP) is 0.0914. The summed E-state index contributed by atoms with van der Waals surface area (Å²) in [5.74, 6) is 0. The summed E-state index contributed by atoms with van der Waals surface area (Å²) in [5.41, 5.74) is 0. The van der Waals surface area contributed by atoms with E-state index in [0.29, 0.717) is 0 Å². The van der Waals surface area contributed by atoms with Crippen molar-refractivity contribution in [3.05, 3.63) is 6.57 Å². The molecule has 0 unspecified atom stereocenters. The molecule has 0 aromatic heterocycles. The second kappa shape index (κ2) is 50.4. The van der Waals surface area contributed by atoms with Crippen molar-refractivity contribution in [3.63, 3.8) is 0 Å². The Labute approximate surface area is 51.4 Å². The molecule has 0 aromatic carbocycles. The quantitative estimate of drug-likeness (QED) is 0.399. The Morgan fingerprint density at radius 1 is 1.25 bits per heavy atom. The normalized spacial score (nSPS) is 0.500. The summed E-state index contributed by atoms with van der Waals surface area (Å²) in [4.78, 5) is 0. The monoisotopic (exact) mass is 196 g/mol. The SMILES string of the molecule is [Ag+].[C-]#N.[Cu]. The Morgan fingerprint density at radius 3 is 1.25 bits per heavy atom. The Hall–Kier alpha value is 0.750. The molecule has 0 saturated heterocycles. The van der Waals surface area contributed by atoms with Crippen molar-refractivity contribution in [2.24, 2.45) is 0 Å². The van der Waals surface area contributed by atoms with Gasteiger partial charge < -0.3 is 11.8 Å². The molecule has 1 nitrogen and oxygen atoms in total. The molecule has 0 aliphatic heterocycles. The van der Waals surface area contributed by atoms with Crippen LogP contribution in [-0.4, -0.2) is 0 Å². The minimum absolute atomic E-state index is 0. The average Bonchev–Trinajstić information content (AvgIpc) is 1.00. The summed E-state index contributed by atoms with van der Waals surface area (Å²) in [6, 6.07) is 0. The summed E-state index contributed by atoms with van der Waals surface area (Å²) in [5, 5.41) is 6.25. The number of nitrogens with zero attached hydrogens (tertiary/aromatic N) is 1. The van der Waals surface area contributed by atoms with E-state index in [0.717, 1.165) is 0 Å². The predicted molar refractivity (Wildman–Crippen MR) is 4.97 cm³/mol. The number of hydrogen-bond acceptors (Lipinski definition) is 1. The fraction of sp³-hybridized carbons (Fsp3) is 0. The maximum atomic E-state index is 6.25. The van der Waals surface area contributed by atoms with Gasteiger partial charge in [0.1, 0.15) is 0 Å². The third-order valence-electron chi connectivity index (χ3n) is 0. The van der Waals surface area contributed by atoms with Crippen LogP contribution in [0.25, 0.3) is 0 Å². The van der Waals surface area contributed by atoms with E-state index < -0.39 is 0 Å². The van der Waals surface area contributed by atoms with Crippen LogP contribution in [0.15, 0.2) is 0 Å². The standard InChI is InChI=1S/CN.Ag.Cu/c1-2;;/q-1;+1;. The zero-order valence-corrected chi connectivity index (χ0v) is 3.97. The van der Waals surface area contributed by atoms with Gasteiger partial charge in [-0.15, -0.1) is 0 Å². The van der Waals surface area contributed by atoms with Gasteiger partial charge in [-0.1, -0.05) is 0 Å². The average molecular weight is 197 g/mol. The van der Waals surface area contributed by atoms with Crippen LogP contribution in [-0.2, 0) is 39.4 Å². The van der Waals surface area contributed by atoms with Crippen molar-refractivity contribution in [1.29, 1.82) is 5.26 Å². The van der Waals surface area contributed by atoms with Crippen LogP contribution in [0.3, 0.4) is 0 Å². The summed E-state index contributed by atoms with van der Waals surface area (Å²) in [7, 11) is 0. The molecule has 0 saturated carbocycles. The van der Waals surface area contributed by atoms with Crippen molar-refractivity contribution in [2.75, 3.05) is 0 Å². The zero-order valence-electron chi connectivity index (χ0n) is 1.55. The van der Waals surface area contributed by atoms with Crippen LogP contribution in [0.2, 0.25) is 0 Å².